The van der Waals surface area contributed by atoms with Crippen LogP contribution in [-0.4, -0.2) is 24.0 Å². The third-order valence-corrected chi connectivity index (χ3v) is 2.12. The van der Waals surface area contributed by atoms with E-state index >= 15 is 0 Å². The summed E-state index contributed by atoms with van der Waals surface area (Å²) in [5.41, 5.74) is -2.66. The van der Waals surface area contributed by atoms with Crippen LogP contribution in [0.2, 0.25) is 0 Å². The predicted octanol–water partition coefficient (Wildman–Crippen LogP) is 1.59. The van der Waals surface area contributed by atoms with E-state index in [1.165, 1.54) is 0 Å². The number of alkyl halides is 3. The van der Waals surface area contributed by atoms with Gasteiger partial charge in [-0.25, -0.2) is 4.79 Å². The Morgan fingerprint density at radius 1 is 1.28 bits per heavy atom. The van der Waals surface area contributed by atoms with Crippen molar-refractivity contribution in [2.75, 3.05) is 0 Å². The largest absolute Gasteiger partial charge is 0.478 e. The van der Waals surface area contributed by atoms with Gasteiger partial charge in [-0.05, 0) is 12.1 Å². The van der Waals surface area contributed by atoms with Crippen molar-refractivity contribution in [1.82, 2.24) is 0 Å². The second kappa shape index (κ2) is 4.46. The van der Waals surface area contributed by atoms with E-state index in [-0.39, 0.29) is 0 Å². The van der Waals surface area contributed by atoms with Gasteiger partial charge in [0.25, 0.3) is 0 Å². The van der Waals surface area contributed by atoms with E-state index in [0.717, 1.165) is 6.07 Å². The lowest BCUT2D eigenvalue weighted by atomic mass is 10.1. The van der Waals surface area contributed by atoms with Crippen molar-refractivity contribution in [2.24, 2.45) is 0 Å². The minimum Gasteiger partial charge on any atom is -0.478 e. The molecule has 0 amide bonds. The summed E-state index contributed by atoms with van der Waals surface area (Å²) in [6.45, 7) is 0. The van der Waals surface area contributed by atoms with Gasteiger partial charge in [-0.3, -0.25) is 4.55 Å². The van der Waals surface area contributed by atoms with Gasteiger partial charge >= 0.3 is 22.5 Å². The molecule has 0 saturated heterocycles. The summed E-state index contributed by atoms with van der Waals surface area (Å²) in [5, 5.41) is 8.63. The van der Waals surface area contributed by atoms with Crippen LogP contribution in [0.15, 0.2) is 18.2 Å². The summed E-state index contributed by atoms with van der Waals surface area (Å²) in [6.07, 6.45) is -5.04. The van der Waals surface area contributed by atoms with Crippen LogP contribution in [0, 0.1) is 0 Å². The van der Waals surface area contributed by atoms with Crippen LogP contribution < -0.4 is 4.18 Å². The Hall–Kier alpha value is -1.81. The van der Waals surface area contributed by atoms with Gasteiger partial charge in [0.1, 0.15) is 11.1 Å². The fraction of sp³-hybridized carbons (Fsp3) is 0.125. The predicted molar refractivity (Wildman–Crippen MR) is 50.6 cm³/mol. The molecule has 0 aromatic heterocycles. The van der Waals surface area contributed by atoms with Gasteiger partial charge in [0.2, 0.25) is 0 Å². The maximum absolute atomic E-state index is 12.5. The Kier molecular flexibility index (Phi) is 3.53. The van der Waals surface area contributed by atoms with Gasteiger partial charge in [0.15, 0.2) is 5.75 Å². The average molecular weight is 286 g/mol. The lowest BCUT2D eigenvalue weighted by molar-refractivity contribution is -0.138. The number of para-hydroxylation sites is 1. The lowest BCUT2D eigenvalue weighted by Gasteiger charge is -2.13. The molecular weight excluding hydrogens is 281 g/mol. The van der Waals surface area contributed by atoms with Crippen molar-refractivity contribution in [3.8, 4) is 5.75 Å². The highest BCUT2D eigenvalue weighted by molar-refractivity contribution is 7.81. The molecule has 100 valence electrons. The van der Waals surface area contributed by atoms with Crippen molar-refractivity contribution < 1.29 is 40.2 Å². The Balaban J connectivity index is 3.54. The Bertz CT molecular complexity index is 577. The number of aromatic carboxylic acids is 1. The summed E-state index contributed by atoms with van der Waals surface area (Å²) in [4.78, 5) is 10.7. The summed E-state index contributed by atoms with van der Waals surface area (Å²) in [7, 11) is -5.28. The molecule has 0 aliphatic carbocycles. The van der Waals surface area contributed by atoms with E-state index in [1.54, 1.807) is 0 Å². The molecule has 18 heavy (non-hydrogen) atoms. The smallest absolute Gasteiger partial charge is 0.446 e. The highest BCUT2D eigenvalue weighted by atomic mass is 32.3. The van der Waals surface area contributed by atoms with E-state index in [0.29, 0.717) is 12.1 Å². The Labute approximate surface area is 98.6 Å². The molecule has 0 saturated carbocycles. The van der Waals surface area contributed by atoms with Crippen molar-refractivity contribution in [2.45, 2.75) is 6.18 Å². The fourth-order valence-electron chi connectivity index (χ4n) is 1.12. The molecule has 0 spiro atoms. The SMILES string of the molecule is O=C(O)c1cccc(C(F)(F)F)c1OS(=O)(=O)O. The molecule has 0 unspecified atom stereocenters. The Morgan fingerprint density at radius 3 is 2.22 bits per heavy atom. The van der Waals surface area contributed by atoms with Crippen LogP contribution in [0.4, 0.5) is 13.2 Å². The zero-order valence-electron chi connectivity index (χ0n) is 8.30. The molecular formula is C8H5F3O6S. The maximum atomic E-state index is 12.5. The van der Waals surface area contributed by atoms with Gasteiger partial charge in [-0.15, -0.1) is 0 Å². The van der Waals surface area contributed by atoms with Gasteiger partial charge in [-0.1, -0.05) is 6.07 Å². The van der Waals surface area contributed by atoms with Crippen molar-refractivity contribution in [1.29, 1.82) is 0 Å². The van der Waals surface area contributed by atoms with Crippen LogP contribution >= 0.6 is 0 Å². The first kappa shape index (κ1) is 14.3. The van der Waals surface area contributed by atoms with Gasteiger partial charge in [0, 0.05) is 0 Å². The van der Waals surface area contributed by atoms with Gasteiger partial charge < -0.3 is 9.29 Å². The van der Waals surface area contributed by atoms with E-state index in [9.17, 15) is 26.4 Å². The molecule has 0 radical (unpaired) electrons. The molecule has 1 aromatic carbocycles. The maximum Gasteiger partial charge on any atom is 0.446 e. The normalized spacial score (nSPS) is 12.2. The molecule has 0 bridgehead atoms. The number of hydrogen-bond donors (Lipinski definition) is 2. The van der Waals surface area contributed by atoms with Crippen LogP contribution in [0.25, 0.3) is 0 Å². The number of hydrogen-bond acceptors (Lipinski definition) is 4. The van der Waals surface area contributed by atoms with Crippen LogP contribution in [0.5, 0.6) is 5.75 Å². The summed E-state index contributed by atoms with van der Waals surface area (Å²) in [5.74, 6) is -3.32. The average Bonchev–Trinajstić information content (AvgIpc) is 2.13. The van der Waals surface area contributed by atoms with E-state index < -0.39 is 39.4 Å². The number of carbonyl (C=O) groups is 1. The zero-order chi connectivity index (χ0) is 14.1. The first-order valence-electron chi connectivity index (χ1n) is 4.13. The quantitative estimate of drug-likeness (QED) is 0.818. The third-order valence-electron chi connectivity index (χ3n) is 1.74. The minimum atomic E-state index is -5.28. The second-order valence-corrected chi connectivity index (χ2v) is 4.02. The highest BCUT2D eigenvalue weighted by Crippen LogP contribution is 2.38. The molecule has 10 heteroatoms. The molecule has 0 aliphatic rings. The standard InChI is InChI=1S/C8H5F3O6S/c9-8(10,11)5-3-1-2-4(7(12)13)6(5)17-18(14,15)16/h1-3H,(H,12,13)(H,14,15,16). The number of carboxylic acid groups (broad SMARTS) is 1. The minimum absolute atomic E-state index is 0.424. The topological polar surface area (TPSA) is 101 Å². The summed E-state index contributed by atoms with van der Waals surface area (Å²) >= 11 is 0. The lowest BCUT2D eigenvalue weighted by Crippen LogP contribution is -2.16. The Morgan fingerprint density at radius 2 is 1.83 bits per heavy atom. The fourth-order valence-corrected chi connectivity index (χ4v) is 1.51. The second-order valence-electron chi connectivity index (χ2n) is 3.00. The first-order valence-corrected chi connectivity index (χ1v) is 5.49. The number of halogens is 3. The van der Waals surface area contributed by atoms with E-state index in [2.05, 4.69) is 4.18 Å². The summed E-state index contributed by atoms with van der Waals surface area (Å²) in [6, 6.07) is 1.90. The van der Waals surface area contributed by atoms with Gasteiger partial charge in [-0.2, -0.15) is 21.6 Å². The first-order chi connectivity index (χ1) is 8.02. The molecule has 0 aliphatic heterocycles. The third kappa shape index (κ3) is 3.34. The number of rotatable bonds is 3. The monoisotopic (exact) mass is 286 g/mol. The molecule has 0 heterocycles. The molecule has 0 fully saturated rings. The summed E-state index contributed by atoms with van der Waals surface area (Å²) < 4.78 is 70.4. The van der Waals surface area contributed by atoms with Crippen molar-refractivity contribution in [3.63, 3.8) is 0 Å². The number of benzene rings is 1. The van der Waals surface area contributed by atoms with E-state index in [1.807, 2.05) is 0 Å². The van der Waals surface area contributed by atoms with Crippen LogP contribution in [0.3, 0.4) is 0 Å². The number of carboxylic acids is 1. The zero-order valence-corrected chi connectivity index (χ0v) is 9.12. The molecule has 2 N–H and O–H groups in total. The van der Waals surface area contributed by atoms with Crippen molar-refractivity contribution >= 4 is 16.4 Å². The van der Waals surface area contributed by atoms with Crippen molar-refractivity contribution in [3.05, 3.63) is 29.3 Å². The molecule has 6 nitrogen and oxygen atoms in total. The van der Waals surface area contributed by atoms with Crippen LogP contribution in [0.1, 0.15) is 15.9 Å². The van der Waals surface area contributed by atoms with Crippen LogP contribution in [-0.2, 0) is 16.6 Å². The molecule has 0 atom stereocenters. The highest BCUT2D eigenvalue weighted by Gasteiger charge is 2.37. The van der Waals surface area contributed by atoms with Gasteiger partial charge in [0.05, 0.1) is 0 Å². The molecule has 1 aromatic rings. The van der Waals surface area contributed by atoms with E-state index in [4.69, 9.17) is 9.66 Å². The molecule has 1 rings (SSSR count).